The van der Waals surface area contributed by atoms with E-state index in [4.69, 9.17) is 9.84 Å². The number of aliphatic hydroxyl groups is 1. The Morgan fingerprint density at radius 2 is 1.88 bits per heavy atom. The number of aliphatic hydroxyl groups excluding tert-OH is 1. The SMILES string of the molecule is CCOC(=O)Nc1cccc(Cn2nc(-c3ccc(C(=O)N(C)CCO)cc3)ccc2=O)c1. The third kappa shape index (κ3) is 6.27. The molecule has 3 aromatic rings. The average Bonchev–Trinajstić information content (AvgIpc) is 2.81. The van der Waals surface area contributed by atoms with Crippen LogP contribution in [0.4, 0.5) is 10.5 Å². The van der Waals surface area contributed by atoms with Crippen LogP contribution in [-0.2, 0) is 11.3 Å². The van der Waals surface area contributed by atoms with Gasteiger partial charge in [0.1, 0.15) is 0 Å². The zero-order chi connectivity index (χ0) is 23.8. The highest BCUT2D eigenvalue weighted by Crippen LogP contribution is 2.18. The van der Waals surface area contributed by atoms with Crippen molar-refractivity contribution >= 4 is 17.7 Å². The van der Waals surface area contributed by atoms with Gasteiger partial charge in [0.15, 0.2) is 0 Å². The Hall–Kier alpha value is -3.98. The highest BCUT2D eigenvalue weighted by atomic mass is 16.5. The second kappa shape index (κ2) is 11.1. The van der Waals surface area contributed by atoms with Gasteiger partial charge in [-0.1, -0.05) is 24.3 Å². The Balaban J connectivity index is 1.78. The molecule has 0 bridgehead atoms. The number of nitrogens with one attached hydrogen (secondary N) is 1. The van der Waals surface area contributed by atoms with Crippen LogP contribution in [0.25, 0.3) is 11.3 Å². The fraction of sp³-hybridized carbons (Fsp3) is 0.250. The van der Waals surface area contributed by atoms with Gasteiger partial charge in [0.25, 0.3) is 11.5 Å². The number of anilines is 1. The molecule has 0 spiro atoms. The Labute approximate surface area is 191 Å². The van der Waals surface area contributed by atoms with Crippen LogP contribution in [0.3, 0.4) is 0 Å². The summed E-state index contributed by atoms with van der Waals surface area (Å²) in [6.45, 7) is 2.36. The number of rotatable bonds is 8. The third-order valence-corrected chi connectivity index (χ3v) is 4.86. The Morgan fingerprint density at radius 1 is 1.12 bits per heavy atom. The summed E-state index contributed by atoms with van der Waals surface area (Å²) in [5.41, 5.74) is 2.90. The number of nitrogens with zero attached hydrogens (tertiary/aromatic N) is 3. The number of hydrogen-bond donors (Lipinski definition) is 2. The van der Waals surface area contributed by atoms with Crippen molar-refractivity contribution in [3.05, 3.63) is 82.1 Å². The van der Waals surface area contributed by atoms with E-state index in [0.29, 0.717) is 16.9 Å². The maximum atomic E-state index is 12.4. The number of amides is 2. The summed E-state index contributed by atoms with van der Waals surface area (Å²) in [5, 5.41) is 16.1. The lowest BCUT2D eigenvalue weighted by Gasteiger charge is -2.15. The summed E-state index contributed by atoms with van der Waals surface area (Å²) >= 11 is 0. The van der Waals surface area contributed by atoms with Crippen LogP contribution < -0.4 is 10.9 Å². The van der Waals surface area contributed by atoms with Crippen molar-refractivity contribution in [2.24, 2.45) is 0 Å². The topological polar surface area (TPSA) is 114 Å². The lowest BCUT2D eigenvalue weighted by molar-refractivity contribution is 0.0767. The third-order valence-electron chi connectivity index (χ3n) is 4.86. The van der Waals surface area contributed by atoms with E-state index in [-0.39, 0.29) is 37.8 Å². The minimum absolute atomic E-state index is 0.104. The summed E-state index contributed by atoms with van der Waals surface area (Å²) in [6, 6.07) is 17.1. The molecular formula is C24H26N4O5. The highest BCUT2D eigenvalue weighted by molar-refractivity contribution is 5.94. The second-order valence-electron chi connectivity index (χ2n) is 7.29. The Morgan fingerprint density at radius 3 is 2.58 bits per heavy atom. The van der Waals surface area contributed by atoms with Gasteiger partial charge < -0.3 is 14.7 Å². The molecule has 3 rings (SSSR count). The summed E-state index contributed by atoms with van der Waals surface area (Å²) in [4.78, 5) is 37.8. The number of likely N-dealkylation sites (N-methyl/N-ethyl adjacent to an activating group) is 1. The Bertz CT molecular complexity index is 1170. The maximum absolute atomic E-state index is 12.4. The minimum Gasteiger partial charge on any atom is -0.450 e. The van der Waals surface area contributed by atoms with Crippen LogP contribution in [-0.4, -0.2) is 58.6 Å². The van der Waals surface area contributed by atoms with Crippen LogP contribution in [0.15, 0.2) is 65.5 Å². The second-order valence-corrected chi connectivity index (χ2v) is 7.29. The van der Waals surface area contributed by atoms with Crippen LogP contribution in [0, 0.1) is 0 Å². The van der Waals surface area contributed by atoms with E-state index >= 15 is 0 Å². The maximum Gasteiger partial charge on any atom is 0.411 e. The first-order chi connectivity index (χ1) is 15.9. The van der Waals surface area contributed by atoms with Crippen LogP contribution in [0.1, 0.15) is 22.8 Å². The van der Waals surface area contributed by atoms with Crippen molar-refractivity contribution in [3.63, 3.8) is 0 Å². The molecule has 0 fully saturated rings. The van der Waals surface area contributed by atoms with Crippen molar-refractivity contribution in [1.82, 2.24) is 14.7 Å². The Kier molecular flexibility index (Phi) is 7.93. The predicted octanol–water partition coefficient (Wildman–Crippen LogP) is 2.59. The number of aromatic nitrogens is 2. The van der Waals surface area contributed by atoms with E-state index in [1.807, 2.05) is 6.07 Å². The molecule has 2 aromatic carbocycles. The molecule has 0 unspecified atom stereocenters. The van der Waals surface area contributed by atoms with Gasteiger partial charge >= 0.3 is 6.09 Å². The average molecular weight is 450 g/mol. The van der Waals surface area contributed by atoms with E-state index in [0.717, 1.165) is 11.1 Å². The molecular weight excluding hydrogens is 424 g/mol. The first-order valence-corrected chi connectivity index (χ1v) is 10.5. The van der Waals surface area contributed by atoms with Crippen molar-refractivity contribution < 1.29 is 19.4 Å². The van der Waals surface area contributed by atoms with Crippen LogP contribution >= 0.6 is 0 Å². The molecule has 0 aliphatic carbocycles. The van der Waals surface area contributed by atoms with Crippen molar-refractivity contribution in [3.8, 4) is 11.3 Å². The van der Waals surface area contributed by atoms with Crippen molar-refractivity contribution in [2.75, 3.05) is 32.1 Å². The van der Waals surface area contributed by atoms with Gasteiger partial charge in [-0.05, 0) is 42.8 Å². The summed E-state index contributed by atoms with van der Waals surface area (Å²) < 4.78 is 6.22. The number of benzene rings is 2. The molecule has 1 aromatic heterocycles. The molecule has 0 aliphatic heterocycles. The largest absolute Gasteiger partial charge is 0.450 e. The number of carbonyl (C=O) groups excluding carboxylic acids is 2. The monoisotopic (exact) mass is 450 g/mol. The molecule has 0 saturated carbocycles. The molecule has 0 saturated heterocycles. The van der Waals surface area contributed by atoms with Crippen LogP contribution in [0.2, 0.25) is 0 Å². The number of hydrogen-bond acceptors (Lipinski definition) is 6. The molecule has 0 radical (unpaired) electrons. The molecule has 33 heavy (non-hydrogen) atoms. The van der Waals surface area contributed by atoms with Gasteiger partial charge in [-0.3, -0.25) is 14.9 Å². The first-order valence-electron chi connectivity index (χ1n) is 10.5. The van der Waals surface area contributed by atoms with Crippen LogP contribution in [0.5, 0.6) is 0 Å². The molecule has 0 atom stereocenters. The van der Waals surface area contributed by atoms with Gasteiger partial charge in [0.05, 0.1) is 25.5 Å². The summed E-state index contributed by atoms with van der Waals surface area (Å²) in [6.07, 6.45) is -0.545. The molecule has 172 valence electrons. The highest BCUT2D eigenvalue weighted by Gasteiger charge is 2.12. The lowest BCUT2D eigenvalue weighted by atomic mass is 10.1. The lowest BCUT2D eigenvalue weighted by Crippen LogP contribution is -2.29. The normalized spacial score (nSPS) is 10.5. The number of ether oxygens (including phenoxy) is 1. The van der Waals surface area contributed by atoms with E-state index < -0.39 is 6.09 Å². The zero-order valence-corrected chi connectivity index (χ0v) is 18.5. The molecule has 9 heteroatoms. The first kappa shape index (κ1) is 23.7. The van der Waals surface area contributed by atoms with Crippen molar-refractivity contribution in [2.45, 2.75) is 13.5 Å². The fourth-order valence-electron chi connectivity index (χ4n) is 3.18. The van der Waals surface area contributed by atoms with E-state index in [9.17, 15) is 14.4 Å². The van der Waals surface area contributed by atoms with Gasteiger partial charge in [0.2, 0.25) is 0 Å². The van der Waals surface area contributed by atoms with Gasteiger partial charge in [-0.15, -0.1) is 0 Å². The van der Waals surface area contributed by atoms with Gasteiger partial charge in [-0.2, -0.15) is 5.10 Å². The standard InChI is InChI=1S/C24H26N4O5/c1-3-33-24(32)25-20-6-4-5-17(15-20)16-28-22(30)12-11-21(26-28)18-7-9-19(10-8-18)23(31)27(2)13-14-29/h4-12,15,29H,3,13-14,16H2,1-2H3,(H,25,32). The smallest absolute Gasteiger partial charge is 0.411 e. The molecule has 2 amide bonds. The van der Waals surface area contributed by atoms with Gasteiger partial charge in [0, 0.05) is 36.5 Å². The zero-order valence-electron chi connectivity index (χ0n) is 18.5. The van der Waals surface area contributed by atoms with Crippen molar-refractivity contribution in [1.29, 1.82) is 0 Å². The van der Waals surface area contributed by atoms with Gasteiger partial charge in [-0.25, -0.2) is 9.48 Å². The molecule has 9 nitrogen and oxygen atoms in total. The molecule has 0 aliphatic rings. The summed E-state index contributed by atoms with van der Waals surface area (Å²) in [5.74, 6) is -0.190. The quantitative estimate of drug-likeness (QED) is 0.545. The van der Waals surface area contributed by atoms with E-state index in [1.54, 1.807) is 62.5 Å². The van der Waals surface area contributed by atoms with E-state index in [2.05, 4.69) is 10.4 Å². The number of carbonyl (C=O) groups is 2. The van der Waals surface area contributed by atoms with E-state index in [1.165, 1.54) is 15.6 Å². The summed E-state index contributed by atoms with van der Waals surface area (Å²) in [7, 11) is 1.63. The fourth-order valence-corrected chi connectivity index (χ4v) is 3.18. The minimum atomic E-state index is -0.545. The molecule has 1 heterocycles. The predicted molar refractivity (Wildman–Crippen MR) is 124 cm³/mol. The molecule has 2 N–H and O–H groups in total.